The van der Waals surface area contributed by atoms with Crippen molar-refractivity contribution in [1.82, 2.24) is 5.32 Å². The quantitative estimate of drug-likeness (QED) is 0.583. The summed E-state index contributed by atoms with van der Waals surface area (Å²) in [5.41, 5.74) is 0.392. The fraction of sp³-hybridized carbons (Fsp3) is 0.364. The van der Waals surface area contributed by atoms with Crippen LogP contribution in [-0.4, -0.2) is 42.4 Å². The summed E-state index contributed by atoms with van der Waals surface area (Å²) < 4.78 is 13.5. The van der Waals surface area contributed by atoms with Gasteiger partial charge >= 0.3 is 0 Å². The smallest absolute Gasteiger partial charge is 0.251 e. The molecular formula is C11H15FN2O3. The van der Waals surface area contributed by atoms with Crippen LogP contribution in [0.4, 0.5) is 10.1 Å². The molecule has 0 heterocycles. The molecule has 1 amide bonds. The molecule has 0 radical (unpaired) electrons. The van der Waals surface area contributed by atoms with E-state index in [1.54, 1.807) is 0 Å². The number of nitrogens with one attached hydrogen (secondary N) is 2. The van der Waals surface area contributed by atoms with Crippen LogP contribution < -0.4 is 10.6 Å². The van der Waals surface area contributed by atoms with Crippen LogP contribution in [-0.2, 0) is 0 Å². The van der Waals surface area contributed by atoms with E-state index in [1.807, 2.05) is 0 Å². The number of amides is 1. The van der Waals surface area contributed by atoms with Crippen molar-refractivity contribution in [1.29, 1.82) is 0 Å². The van der Waals surface area contributed by atoms with Gasteiger partial charge in [0, 0.05) is 19.2 Å². The van der Waals surface area contributed by atoms with Crippen LogP contribution in [0.2, 0.25) is 0 Å². The van der Waals surface area contributed by atoms with Gasteiger partial charge in [0.05, 0.1) is 18.4 Å². The van der Waals surface area contributed by atoms with Crippen molar-refractivity contribution in [2.24, 2.45) is 0 Å². The van der Waals surface area contributed by atoms with Gasteiger partial charge in [-0.2, -0.15) is 0 Å². The highest BCUT2D eigenvalue weighted by Gasteiger charge is 2.09. The first-order valence-electron chi connectivity index (χ1n) is 5.13. The number of hydrogen-bond acceptors (Lipinski definition) is 4. The summed E-state index contributed by atoms with van der Waals surface area (Å²) in [5.74, 6) is -0.956. The molecule has 0 saturated heterocycles. The summed E-state index contributed by atoms with van der Waals surface area (Å²) in [7, 11) is 1.46. The largest absolute Gasteiger partial charge is 0.394 e. The molecule has 94 valence electrons. The van der Waals surface area contributed by atoms with Gasteiger partial charge in [-0.1, -0.05) is 0 Å². The fourth-order valence-electron chi connectivity index (χ4n) is 1.24. The third kappa shape index (κ3) is 3.69. The maximum absolute atomic E-state index is 13.5. The van der Waals surface area contributed by atoms with Crippen molar-refractivity contribution in [2.45, 2.75) is 6.10 Å². The normalized spacial score (nSPS) is 12.0. The minimum atomic E-state index is -0.951. The zero-order chi connectivity index (χ0) is 12.8. The maximum Gasteiger partial charge on any atom is 0.251 e. The van der Waals surface area contributed by atoms with Crippen LogP contribution in [0.3, 0.4) is 0 Å². The molecular weight excluding hydrogens is 227 g/mol. The Kier molecular flexibility index (Phi) is 4.86. The molecule has 4 N–H and O–H groups in total. The summed E-state index contributed by atoms with van der Waals surface area (Å²) in [5, 5.41) is 22.7. The number of rotatable bonds is 5. The lowest BCUT2D eigenvalue weighted by Crippen LogP contribution is -2.23. The monoisotopic (exact) mass is 242 g/mol. The predicted octanol–water partition coefficient (Wildman–Crippen LogP) is -0.0496. The second kappa shape index (κ2) is 6.17. The predicted molar refractivity (Wildman–Crippen MR) is 61.4 cm³/mol. The molecule has 0 bridgehead atoms. The Morgan fingerprint density at radius 1 is 1.53 bits per heavy atom. The number of benzene rings is 1. The van der Waals surface area contributed by atoms with Gasteiger partial charge in [-0.15, -0.1) is 0 Å². The van der Waals surface area contributed by atoms with Gasteiger partial charge in [0.15, 0.2) is 0 Å². The van der Waals surface area contributed by atoms with Gasteiger partial charge in [-0.3, -0.25) is 4.79 Å². The van der Waals surface area contributed by atoms with Crippen LogP contribution >= 0.6 is 0 Å². The van der Waals surface area contributed by atoms with E-state index in [0.717, 1.165) is 6.07 Å². The molecule has 0 fully saturated rings. The standard InChI is InChI=1S/C11H15FN2O3/c1-13-11(17)7-2-3-10(9(12)4-7)14-5-8(16)6-15/h2-4,8,14-16H,5-6H2,1H3,(H,13,17). The highest BCUT2D eigenvalue weighted by molar-refractivity contribution is 5.94. The van der Waals surface area contributed by atoms with Crippen LogP contribution in [0.25, 0.3) is 0 Å². The van der Waals surface area contributed by atoms with Crippen LogP contribution in [0.5, 0.6) is 0 Å². The van der Waals surface area contributed by atoms with Gasteiger partial charge in [-0.25, -0.2) is 4.39 Å². The lowest BCUT2D eigenvalue weighted by molar-refractivity contribution is 0.0962. The van der Waals surface area contributed by atoms with E-state index >= 15 is 0 Å². The van der Waals surface area contributed by atoms with Crippen LogP contribution in [0.15, 0.2) is 18.2 Å². The maximum atomic E-state index is 13.5. The van der Waals surface area contributed by atoms with Crippen molar-refractivity contribution < 1.29 is 19.4 Å². The van der Waals surface area contributed by atoms with Crippen LogP contribution in [0, 0.1) is 5.82 Å². The number of aliphatic hydroxyl groups excluding tert-OH is 2. The first kappa shape index (κ1) is 13.4. The number of anilines is 1. The van der Waals surface area contributed by atoms with Gasteiger partial charge < -0.3 is 20.8 Å². The molecule has 1 aromatic rings. The first-order chi connectivity index (χ1) is 8.08. The molecule has 1 atom stereocenters. The zero-order valence-electron chi connectivity index (χ0n) is 9.40. The fourth-order valence-corrected chi connectivity index (χ4v) is 1.24. The third-order valence-electron chi connectivity index (χ3n) is 2.20. The van der Waals surface area contributed by atoms with E-state index in [9.17, 15) is 9.18 Å². The summed E-state index contributed by atoms with van der Waals surface area (Å²) in [6, 6.07) is 3.98. The molecule has 1 aromatic carbocycles. The summed E-state index contributed by atoms with van der Waals surface area (Å²) in [4.78, 5) is 11.2. The number of carbonyl (C=O) groups excluding carboxylic acids is 1. The van der Waals surface area contributed by atoms with E-state index in [1.165, 1.54) is 19.2 Å². The topological polar surface area (TPSA) is 81.6 Å². The first-order valence-corrected chi connectivity index (χ1v) is 5.13. The van der Waals surface area contributed by atoms with Gasteiger partial charge in [-0.05, 0) is 18.2 Å². The summed E-state index contributed by atoms with van der Waals surface area (Å²) >= 11 is 0. The number of carbonyl (C=O) groups is 1. The number of aliphatic hydroxyl groups is 2. The van der Waals surface area contributed by atoms with Crippen molar-refractivity contribution in [3.8, 4) is 0 Å². The molecule has 6 heteroatoms. The lowest BCUT2D eigenvalue weighted by Gasteiger charge is -2.11. The minimum absolute atomic E-state index is 0.0345. The van der Waals surface area contributed by atoms with E-state index < -0.39 is 18.5 Å². The molecule has 17 heavy (non-hydrogen) atoms. The number of hydrogen-bond donors (Lipinski definition) is 4. The molecule has 0 spiro atoms. The van der Waals surface area contributed by atoms with Crippen molar-refractivity contribution in [3.63, 3.8) is 0 Å². The molecule has 1 unspecified atom stereocenters. The molecule has 5 nitrogen and oxygen atoms in total. The average molecular weight is 242 g/mol. The Balaban J connectivity index is 2.73. The highest BCUT2D eigenvalue weighted by atomic mass is 19.1. The molecule has 0 aliphatic carbocycles. The second-order valence-corrected chi connectivity index (χ2v) is 3.49. The second-order valence-electron chi connectivity index (χ2n) is 3.49. The van der Waals surface area contributed by atoms with Gasteiger partial charge in [0.25, 0.3) is 5.91 Å². The van der Waals surface area contributed by atoms with Gasteiger partial charge in [0.1, 0.15) is 5.82 Å². The average Bonchev–Trinajstić information content (AvgIpc) is 2.35. The Bertz CT molecular complexity index is 398. The van der Waals surface area contributed by atoms with Crippen molar-refractivity contribution in [3.05, 3.63) is 29.6 Å². The molecule has 0 saturated carbocycles. The third-order valence-corrected chi connectivity index (χ3v) is 2.20. The summed E-state index contributed by atoms with van der Waals surface area (Å²) in [6.45, 7) is -0.363. The zero-order valence-corrected chi connectivity index (χ0v) is 9.40. The van der Waals surface area contributed by atoms with E-state index in [-0.39, 0.29) is 23.7 Å². The summed E-state index contributed by atoms with van der Waals surface area (Å²) in [6.07, 6.45) is -0.951. The SMILES string of the molecule is CNC(=O)c1ccc(NCC(O)CO)c(F)c1. The molecule has 1 rings (SSSR count). The Labute approximate surface area is 98.3 Å². The molecule has 0 aliphatic heterocycles. The molecule has 0 aromatic heterocycles. The number of halogens is 1. The van der Waals surface area contributed by atoms with Crippen LogP contribution in [0.1, 0.15) is 10.4 Å². The van der Waals surface area contributed by atoms with E-state index in [0.29, 0.717) is 0 Å². The Morgan fingerprint density at radius 2 is 2.24 bits per heavy atom. The van der Waals surface area contributed by atoms with E-state index in [4.69, 9.17) is 10.2 Å². The minimum Gasteiger partial charge on any atom is -0.394 e. The van der Waals surface area contributed by atoms with Crippen molar-refractivity contribution >= 4 is 11.6 Å². The Morgan fingerprint density at radius 3 is 2.76 bits per heavy atom. The lowest BCUT2D eigenvalue weighted by atomic mass is 10.2. The highest BCUT2D eigenvalue weighted by Crippen LogP contribution is 2.15. The van der Waals surface area contributed by atoms with Gasteiger partial charge in [0.2, 0.25) is 0 Å². The Hall–Kier alpha value is -1.66. The van der Waals surface area contributed by atoms with E-state index in [2.05, 4.69) is 10.6 Å². The molecule has 0 aliphatic rings. The van der Waals surface area contributed by atoms with Crippen molar-refractivity contribution in [2.75, 3.05) is 25.5 Å².